The molecule has 3 amide bonds. The summed E-state index contributed by atoms with van der Waals surface area (Å²) in [5.41, 5.74) is 4.24. The highest BCUT2D eigenvalue weighted by Crippen LogP contribution is 2.44. The molecule has 15 heteroatoms. The molecule has 2 N–H and O–H groups in total. The number of ketones is 1. The maximum absolute atomic E-state index is 14.1. The number of carbonyl (C=O) groups is 7. The average molecular weight is 865 g/mol. The molecule has 0 spiro atoms. The number of nitrogens with zero attached hydrogens (tertiary/aromatic N) is 3. The first-order valence-electron chi connectivity index (χ1n) is 21.5. The molecular formula is C48H56N4O11. The monoisotopic (exact) mass is 864 g/mol. The van der Waals surface area contributed by atoms with Crippen molar-refractivity contribution in [2.45, 2.75) is 76.9 Å². The highest BCUT2D eigenvalue weighted by atomic mass is 16.6. The van der Waals surface area contributed by atoms with Crippen molar-refractivity contribution in [3.8, 4) is 11.1 Å². The first-order chi connectivity index (χ1) is 30.2. The van der Waals surface area contributed by atoms with Crippen LogP contribution in [0.3, 0.4) is 0 Å². The van der Waals surface area contributed by atoms with Crippen molar-refractivity contribution in [2.75, 3.05) is 57.8 Å². The number of carboxylic acids is 1. The van der Waals surface area contributed by atoms with Gasteiger partial charge in [0.25, 0.3) is 5.91 Å². The summed E-state index contributed by atoms with van der Waals surface area (Å²) in [4.78, 5) is 94.9. The minimum absolute atomic E-state index is 0.0320. The van der Waals surface area contributed by atoms with Crippen molar-refractivity contribution >= 4 is 47.3 Å². The first-order valence-corrected chi connectivity index (χ1v) is 21.5. The Morgan fingerprint density at radius 3 is 2.21 bits per heavy atom. The zero-order valence-corrected chi connectivity index (χ0v) is 35.9. The van der Waals surface area contributed by atoms with E-state index < -0.39 is 53.1 Å². The van der Waals surface area contributed by atoms with Crippen LogP contribution in [0.1, 0.15) is 87.5 Å². The van der Waals surface area contributed by atoms with E-state index in [4.69, 9.17) is 19.3 Å². The van der Waals surface area contributed by atoms with Crippen LogP contribution in [0, 0.1) is 5.41 Å². The lowest BCUT2D eigenvalue weighted by molar-refractivity contribution is -0.165. The summed E-state index contributed by atoms with van der Waals surface area (Å²) in [6, 6.07) is 22.2. The fourth-order valence-electron chi connectivity index (χ4n) is 8.33. The number of ether oxygens (including phenoxy) is 3. The molecule has 3 aliphatic rings. The lowest BCUT2D eigenvalue weighted by atomic mass is 9.87. The Bertz CT molecular complexity index is 2150. The van der Waals surface area contributed by atoms with Crippen molar-refractivity contribution in [1.29, 1.82) is 0 Å². The fourth-order valence-corrected chi connectivity index (χ4v) is 8.33. The highest BCUT2D eigenvalue weighted by Gasteiger charge is 2.42. The van der Waals surface area contributed by atoms with Crippen molar-refractivity contribution in [3.05, 3.63) is 102 Å². The summed E-state index contributed by atoms with van der Waals surface area (Å²) in [7, 11) is 0. The number of aliphatic carboxylic acids is 1. The van der Waals surface area contributed by atoms with Gasteiger partial charge in [0.05, 0.1) is 11.8 Å². The van der Waals surface area contributed by atoms with Crippen LogP contribution in [-0.2, 0) is 43.0 Å². The van der Waals surface area contributed by atoms with E-state index in [1.54, 1.807) is 29.2 Å². The number of carbonyl (C=O) groups excluding carboxylic acids is 6. The third-order valence-corrected chi connectivity index (χ3v) is 11.9. The normalized spacial score (nSPS) is 16.8. The maximum Gasteiger partial charge on any atom is 0.409 e. The summed E-state index contributed by atoms with van der Waals surface area (Å²) in [6.07, 6.45) is 1.70. The van der Waals surface area contributed by atoms with E-state index in [0.717, 1.165) is 28.3 Å². The van der Waals surface area contributed by atoms with E-state index in [9.17, 15) is 33.6 Å². The van der Waals surface area contributed by atoms with Crippen molar-refractivity contribution in [2.24, 2.45) is 5.41 Å². The lowest BCUT2D eigenvalue weighted by Crippen LogP contribution is -2.53. The van der Waals surface area contributed by atoms with Gasteiger partial charge in [0, 0.05) is 56.8 Å². The van der Waals surface area contributed by atoms with Gasteiger partial charge in [-0.3, -0.25) is 24.1 Å². The predicted molar refractivity (Wildman–Crippen MR) is 232 cm³/mol. The zero-order chi connectivity index (χ0) is 45.1. The second-order valence-electron chi connectivity index (χ2n) is 16.8. The number of carboxylic acid groups (broad SMARTS) is 1. The molecule has 6 rings (SSSR count). The number of esters is 2. The van der Waals surface area contributed by atoms with Gasteiger partial charge in [-0.25, -0.2) is 14.4 Å². The largest absolute Gasteiger partial charge is 0.481 e. The van der Waals surface area contributed by atoms with Gasteiger partial charge in [-0.2, -0.15) is 0 Å². The minimum Gasteiger partial charge on any atom is -0.481 e. The molecule has 1 unspecified atom stereocenters. The predicted octanol–water partition coefficient (Wildman–Crippen LogP) is 6.13. The number of hydrogen-bond acceptors (Lipinski definition) is 11. The Balaban J connectivity index is 1.07. The Labute approximate surface area is 367 Å². The van der Waals surface area contributed by atoms with Crippen LogP contribution in [0.5, 0.6) is 0 Å². The molecule has 2 atom stereocenters. The number of fused-ring (bicyclic) bond motifs is 3. The number of likely N-dealkylation sites (tertiary alicyclic amines) is 1. The molecule has 3 aromatic carbocycles. The number of piperidine rings is 1. The molecule has 15 nitrogen and oxygen atoms in total. The van der Waals surface area contributed by atoms with Gasteiger partial charge in [-0.15, -0.1) is 0 Å². The molecule has 2 aliphatic heterocycles. The van der Waals surface area contributed by atoms with Crippen LogP contribution in [0.25, 0.3) is 11.1 Å². The van der Waals surface area contributed by atoms with Crippen LogP contribution in [-0.4, -0.2) is 120 Å². The van der Waals surface area contributed by atoms with Crippen LogP contribution in [0.15, 0.2) is 85.5 Å². The average Bonchev–Trinajstić information content (AvgIpc) is 3.61. The summed E-state index contributed by atoms with van der Waals surface area (Å²) in [5.74, 6) is -4.69. The first kappa shape index (κ1) is 46.2. The molecule has 0 radical (unpaired) electrons. The molecule has 3 aromatic rings. The van der Waals surface area contributed by atoms with Crippen LogP contribution >= 0.6 is 0 Å². The Kier molecular flexibility index (Phi) is 15.5. The molecule has 0 aromatic heterocycles. The summed E-state index contributed by atoms with van der Waals surface area (Å²) in [6.45, 7) is 9.22. The van der Waals surface area contributed by atoms with Gasteiger partial charge in [-0.05, 0) is 92.4 Å². The standard InChI is InChI=1S/C48H56N4O11/c1-4-43(56)62-31-48(2,3)44(57)45(58)52-24-10-9-19-39(52)46(59)63-40(32-13-11-14-33(29-32)49-41(53)21-22-42(54)55)20-12-23-50-25-27-51(28-26-50)47(60)61-30-38-36-17-7-5-15-34(36)35-16-6-8-18-37(35)38/h4-8,11,13-18,29,38-40H,1,9-10,12,19-28,30-31H2,2-3H3,(H,49,53)(H,54,55)/t39-,40?/m0/s1. The zero-order valence-electron chi connectivity index (χ0n) is 35.9. The van der Waals surface area contributed by atoms with Crippen molar-refractivity contribution in [1.82, 2.24) is 14.7 Å². The van der Waals surface area contributed by atoms with Crippen molar-refractivity contribution in [3.63, 3.8) is 0 Å². The molecular weight excluding hydrogens is 809 g/mol. The fraction of sp³-hybridized carbons (Fsp3) is 0.438. The SMILES string of the molecule is C=CC(=O)OCC(C)(C)C(=O)C(=O)N1CCCC[C@H]1C(=O)OC(CCCN1CCN(C(=O)OCC2c3ccccc3-c3ccccc32)CC1)c1cccc(NC(=O)CCC(=O)O)c1. The summed E-state index contributed by atoms with van der Waals surface area (Å²) < 4.78 is 17.2. The number of hydrogen-bond donors (Lipinski definition) is 2. The Morgan fingerprint density at radius 1 is 0.857 bits per heavy atom. The van der Waals surface area contributed by atoms with E-state index in [1.807, 2.05) is 24.3 Å². The molecule has 63 heavy (non-hydrogen) atoms. The number of piperazine rings is 1. The lowest BCUT2D eigenvalue weighted by Gasteiger charge is -2.36. The molecule has 0 saturated carbocycles. The second-order valence-corrected chi connectivity index (χ2v) is 16.8. The number of nitrogens with one attached hydrogen (secondary N) is 1. The summed E-state index contributed by atoms with van der Waals surface area (Å²) >= 11 is 0. The Morgan fingerprint density at radius 2 is 1.54 bits per heavy atom. The molecule has 2 saturated heterocycles. The van der Waals surface area contributed by atoms with Gasteiger partial charge >= 0.3 is 24.0 Å². The van der Waals surface area contributed by atoms with E-state index in [0.29, 0.717) is 69.7 Å². The van der Waals surface area contributed by atoms with Gasteiger partial charge in [0.1, 0.15) is 25.4 Å². The third kappa shape index (κ3) is 11.8. The van der Waals surface area contributed by atoms with E-state index >= 15 is 0 Å². The van der Waals surface area contributed by atoms with Crippen LogP contribution in [0.2, 0.25) is 0 Å². The molecule has 0 bridgehead atoms. The highest BCUT2D eigenvalue weighted by molar-refractivity contribution is 6.38. The maximum atomic E-state index is 14.1. The van der Waals surface area contributed by atoms with Crippen molar-refractivity contribution < 1.29 is 52.9 Å². The molecule has 1 aliphatic carbocycles. The van der Waals surface area contributed by atoms with Gasteiger partial charge in [0.15, 0.2) is 0 Å². The summed E-state index contributed by atoms with van der Waals surface area (Å²) in [5, 5.41) is 11.7. The van der Waals surface area contributed by atoms with E-state index in [2.05, 4.69) is 41.1 Å². The van der Waals surface area contributed by atoms with Gasteiger partial charge in [0.2, 0.25) is 11.7 Å². The van der Waals surface area contributed by atoms with Gasteiger partial charge < -0.3 is 34.4 Å². The molecule has 2 heterocycles. The number of rotatable bonds is 18. The quantitative estimate of drug-likeness (QED) is 0.0646. The Hall–Kier alpha value is -6.35. The number of amides is 3. The number of benzene rings is 3. The smallest absolute Gasteiger partial charge is 0.409 e. The van der Waals surface area contributed by atoms with Gasteiger partial charge in [-0.1, -0.05) is 67.2 Å². The minimum atomic E-state index is -1.36. The van der Waals surface area contributed by atoms with E-state index in [1.165, 1.54) is 18.7 Å². The topological polar surface area (TPSA) is 189 Å². The van der Waals surface area contributed by atoms with Crippen LogP contribution in [0.4, 0.5) is 10.5 Å². The third-order valence-electron chi connectivity index (χ3n) is 11.9. The molecule has 2 fully saturated rings. The second kappa shape index (κ2) is 21.1. The molecule has 334 valence electrons. The van der Waals surface area contributed by atoms with E-state index in [-0.39, 0.29) is 51.0 Å². The number of Topliss-reactive ketones (excluding diaryl/α,β-unsaturated/α-hetero) is 1. The number of anilines is 1. The van der Waals surface area contributed by atoms with Crippen LogP contribution < -0.4 is 5.32 Å².